The van der Waals surface area contributed by atoms with Crippen molar-refractivity contribution in [1.82, 2.24) is 10.6 Å². The zero-order valence-electron chi connectivity index (χ0n) is 12.2. The molecule has 2 fully saturated rings. The molecule has 1 saturated heterocycles. The summed E-state index contributed by atoms with van der Waals surface area (Å²) in [6.45, 7) is 4.16. The summed E-state index contributed by atoms with van der Waals surface area (Å²) in [5, 5.41) is 7.34. The number of amides is 1. The molecule has 3 rings (SSSR count). The molecule has 5 heteroatoms. The number of benzene rings is 1. The van der Waals surface area contributed by atoms with Crippen molar-refractivity contribution in [2.45, 2.75) is 37.6 Å². The van der Waals surface area contributed by atoms with Gasteiger partial charge >= 0.3 is 0 Å². The van der Waals surface area contributed by atoms with Crippen LogP contribution in [0.25, 0.3) is 0 Å². The van der Waals surface area contributed by atoms with E-state index in [0.717, 1.165) is 37.9 Å². The van der Waals surface area contributed by atoms with Crippen LogP contribution in [-0.4, -0.2) is 25.0 Å². The van der Waals surface area contributed by atoms with Gasteiger partial charge in [0.05, 0.1) is 5.41 Å². The average Bonchev–Trinajstić information content (AvgIpc) is 3.23. The molecule has 1 saturated carbocycles. The second-order valence-electron chi connectivity index (χ2n) is 6.14. The van der Waals surface area contributed by atoms with E-state index >= 15 is 0 Å². The normalized spacial score (nSPS) is 26.6. The van der Waals surface area contributed by atoms with Crippen molar-refractivity contribution in [3.05, 3.63) is 34.9 Å². The predicted octanol–water partition coefficient (Wildman–Crippen LogP) is 2.91. The van der Waals surface area contributed by atoms with Crippen LogP contribution in [0.15, 0.2) is 24.3 Å². The van der Waals surface area contributed by atoms with E-state index in [1.54, 1.807) is 0 Å². The summed E-state index contributed by atoms with van der Waals surface area (Å²) < 4.78 is 0. The Labute approximate surface area is 137 Å². The highest BCUT2D eigenvalue weighted by Crippen LogP contribution is 2.49. The molecule has 116 valence electrons. The molecule has 2 aliphatic rings. The fourth-order valence-electron chi connectivity index (χ4n) is 3.09. The van der Waals surface area contributed by atoms with Crippen molar-refractivity contribution in [3.63, 3.8) is 0 Å². The van der Waals surface area contributed by atoms with Crippen LogP contribution < -0.4 is 10.6 Å². The van der Waals surface area contributed by atoms with Crippen LogP contribution in [-0.2, 0) is 10.2 Å². The zero-order valence-corrected chi connectivity index (χ0v) is 13.8. The van der Waals surface area contributed by atoms with Crippen molar-refractivity contribution in [1.29, 1.82) is 0 Å². The lowest BCUT2D eigenvalue weighted by Crippen LogP contribution is -2.50. The summed E-state index contributed by atoms with van der Waals surface area (Å²) in [5.74, 6) is 0.668. The highest BCUT2D eigenvalue weighted by atomic mass is 35.5. The molecule has 0 spiro atoms. The monoisotopic (exact) mass is 328 g/mol. The Hall–Kier alpha value is -0.770. The van der Waals surface area contributed by atoms with Crippen LogP contribution in [0.3, 0.4) is 0 Å². The molecular formula is C16H22Cl2N2O. The molecule has 3 nitrogen and oxygen atoms in total. The first-order valence-corrected chi connectivity index (χ1v) is 7.77. The molecule has 21 heavy (non-hydrogen) atoms. The van der Waals surface area contributed by atoms with E-state index in [0.29, 0.717) is 17.0 Å². The first-order chi connectivity index (χ1) is 9.62. The van der Waals surface area contributed by atoms with Crippen molar-refractivity contribution in [2.24, 2.45) is 5.92 Å². The minimum Gasteiger partial charge on any atom is -0.352 e. The van der Waals surface area contributed by atoms with E-state index in [2.05, 4.69) is 17.6 Å². The van der Waals surface area contributed by atoms with Crippen LogP contribution in [0.5, 0.6) is 0 Å². The summed E-state index contributed by atoms with van der Waals surface area (Å²) in [4.78, 5) is 12.7. The highest BCUT2D eigenvalue weighted by molar-refractivity contribution is 6.30. The van der Waals surface area contributed by atoms with Crippen LogP contribution in [0.1, 0.15) is 31.7 Å². The van der Waals surface area contributed by atoms with Gasteiger partial charge in [0.1, 0.15) is 0 Å². The molecule has 1 aromatic rings. The number of halogens is 2. The zero-order chi connectivity index (χ0) is 14.2. The second-order valence-corrected chi connectivity index (χ2v) is 6.58. The van der Waals surface area contributed by atoms with E-state index in [1.807, 2.05) is 24.3 Å². The number of hydrogen-bond acceptors (Lipinski definition) is 2. The van der Waals surface area contributed by atoms with Gasteiger partial charge in [0.25, 0.3) is 0 Å². The summed E-state index contributed by atoms with van der Waals surface area (Å²) in [6.07, 6.45) is 2.87. The van der Waals surface area contributed by atoms with E-state index in [4.69, 9.17) is 11.6 Å². The number of carbonyl (C=O) groups is 1. The fraction of sp³-hybridized carbons (Fsp3) is 0.562. The third-order valence-electron chi connectivity index (χ3n) is 4.66. The maximum absolute atomic E-state index is 12.7. The Balaban J connectivity index is 0.00000161. The van der Waals surface area contributed by atoms with Gasteiger partial charge in [-0.25, -0.2) is 0 Å². The van der Waals surface area contributed by atoms with E-state index in [1.165, 1.54) is 0 Å². The smallest absolute Gasteiger partial charge is 0.230 e. The predicted molar refractivity (Wildman–Crippen MR) is 88.2 cm³/mol. The second kappa shape index (κ2) is 6.55. The Morgan fingerprint density at radius 2 is 2.19 bits per heavy atom. The molecule has 1 aliphatic heterocycles. The molecule has 1 aromatic carbocycles. The summed E-state index contributed by atoms with van der Waals surface area (Å²) in [6, 6.07) is 8.02. The minimum absolute atomic E-state index is 0. The lowest BCUT2D eigenvalue weighted by molar-refractivity contribution is -0.124. The number of rotatable bonds is 3. The van der Waals surface area contributed by atoms with E-state index in [-0.39, 0.29) is 23.7 Å². The number of piperidine rings is 1. The summed E-state index contributed by atoms with van der Waals surface area (Å²) in [5.41, 5.74) is 0.735. The third-order valence-corrected chi connectivity index (χ3v) is 4.90. The first-order valence-electron chi connectivity index (χ1n) is 7.39. The largest absolute Gasteiger partial charge is 0.352 e. The Morgan fingerprint density at radius 3 is 2.81 bits per heavy atom. The first kappa shape index (κ1) is 16.6. The molecule has 1 aliphatic carbocycles. The van der Waals surface area contributed by atoms with Crippen LogP contribution in [0.2, 0.25) is 5.02 Å². The number of carbonyl (C=O) groups excluding carboxylic acids is 1. The van der Waals surface area contributed by atoms with Crippen molar-refractivity contribution >= 4 is 29.9 Å². The van der Waals surface area contributed by atoms with E-state index in [9.17, 15) is 4.79 Å². The van der Waals surface area contributed by atoms with Gasteiger partial charge in [-0.1, -0.05) is 30.7 Å². The lowest BCUT2D eigenvalue weighted by Gasteiger charge is -2.31. The van der Waals surface area contributed by atoms with Crippen molar-refractivity contribution < 1.29 is 4.79 Å². The van der Waals surface area contributed by atoms with Gasteiger partial charge in [-0.2, -0.15) is 0 Å². The van der Waals surface area contributed by atoms with Gasteiger partial charge in [-0.15, -0.1) is 12.4 Å². The SMILES string of the molecule is CC1CNCCC1NC(=O)C1(c2cccc(Cl)c2)CC1.Cl. The Morgan fingerprint density at radius 1 is 1.43 bits per heavy atom. The molecule has 1 heterocycles. The molecule has 1 amide bonds. The molecule has 0 bridgehead atoms. The van der Waals surface area contributed by atoms with Crippen LogP contribution >= 0.6 is 24.0 Å². The maximum atomic E-state index is 12.7. The summed E-state index contributed by atoms with van der Waals surface area (Å²) in [7, 11) is 0. The van der Waals surface area contributed by atoms with Gasteiger partial charge in [0.15, 0.2) is 0 Å². The Bertz CT molecular complexity index is 517. The van der Waals surface area contributed by atoms with E-state index < -0.39 is 0 Å². The summed E-state index contributed by atoms with van der Waals surface area (Å²) >= 11 is 6.06. The fourth-order valence-corrected chi connectivity index (χ4v) is 3.28. The van der Waals surface area contributed by atoms with Gasteiger partial charge in [-0.05, 0) is 56.0 Å². The molecular weight excluding hydrogens is 307 g/mol. The Kier molecular flexibility index (Phi) is 5.18. The van der Waals surface area contributed by atoms with Gasteiger partial charge in [0.2, 0.25) is 5.91 Å². The van der Waals surface area contributed by atoms with Crippen molar-refractivity contribution in [3.8, 4) is 0 Å². The molecule has 2 atom stereocenters. The molecule has 2 N–H and O–H groups in total. The molecule has 0 aromatic heterocycles. The molecule has 2 unspecified atom stereocenters. The molecule has 0 radical (unpaired) electrons. The standard InChI is InChI=1S/C16H21ClN2O.ClH/c1-11-10-18-8-5-14(11)19-15(20)16(6-7-16)12-3-2-4-13(17)9-12;/h2-4,9,11,14,18H,5-8,10H2,1H3,(H,19,20);1H. The van der Waals surface area contributed by atoms with Crippen LogP contribution in [0, 0.1) is 5.92 Å². The third kappa shape index (κ3) is 3.36. The van der Waals surface area contributed by atoms with Crippen LogP contribution in [0.4, 0.5) is 0 Å². The topological polar surface area (TPSA) is 41.1 Å². The maximum Gasteiger partial charge on any atom is 0.230 e. The average molecular weight is 329 g/mol. The number of nitrogens with one attached hydrogen (secondary N) is 2. The number of hydrogen-bond donors (Lipinski definition) is 2. The highest BCUT2D eigenvalue weighted by Gasteiger charge is 2.51. The van der Waals surface area contributed by atoms with Gasteiger partial charge < -0.3 is 10.6 Å². The van der Waals surface area contributed by atoms with Gasteiger partial charge in [0, 0.05) is 11.1 Å². The van der Waals surface area contributed by atoms with Crippen molar-refractivity contribution in [2.75, 3.05) is 13.1 Å². The quantitative estimate of drug-likeness (QED) is 0.895. The van der Waals surface area contributed by atoms with Gasteiger partial charge in [-0.3, -0.25) is 4.79 Å². The minimum atomic E-state index is -0.324. The lowest BCUT2D eigenvalue weighted by atomic mass is 9.91.